The molecule has 0 spiro atoms. The highest BCUT2D eigenvalue weighted by Crippen LogP contribution is 2.48. The highest BCUT2D eigenvalue weighted by atomic mass is 31.2. The van der Waals surface area contributed by atoms with Crippen molar-refractivity contribution in [2.24, 2.45) is 0 Å². The first kappa shape index (κ1) is 28.9. The molecule has 9 nitrogen and oxygen atoms in total. The zero-order valence-electron chi connectivity index (χ0n) is 19.2. The lowest BCUT2D eigenvalue weighted by Crippen LogP contribution is -2.32. The van der Waals surface area contributed by atoms with Crippen LogP contribution in [0.2, 0.25) is 0 Å². The summed E-state index contributed by atoms with van der Waals surface area (Å²) < 4.78 is 26.3. The highest BCUT2D eigenvalue weighted by Gasteiger charge is 2.44. The predicted molar refractivity (Wildman–Crippen MR) is 120 cm³/mol. The van der Waals surface area contributed by atoms with Crippen LogP contribution in [0, 0.1) is 0 Å². The SMILES string of the molecule is CCCCCCCCCCCCCCCCOP(=O)(O)OC1=C(O)C(=O)O[C@@H]1[C@@H](O)CO. The van der Waals surface area contributed by atoms with Gasteiger partial charge in [-0.15, -0.1) is 0 Å². The van der Waals surface area contributed by atoms with Crippen molar-refractivity contribution in [1.82, 2.24) is 0 Å². The fraction of sp³-hybridized carbons (Fsp3) is 0.864. The molecule has 1 heterocycles. The fourth-order valence-corrected chi connectivity index (χ4v) is 4.38. The summed E-state index contributed by atoms with van der Waals surface area (Å²) >= 11 is 0. The van der Waals surface area contributed by atoms with E-state index in [0.717, 1.165) is 19.3 Å². The van der Waals surface area contributed by atoms with Gasteiger partial charge in [-0.1, -0.05) is 90.4 Å². The Hall–Kier alpha value is -1.12. The molecular formula is C22H41O9P. The van der Waals surface area contributed by atoms with E-state index in [-0.39, 0.29) is 6.61 Å². The van der Waals surface area contributed by atoms with Crippen molar-refractivity contribution in [3.8, 4) is 0 Å². The highest BCUT2D eigenvalue weighted by molar-refractivity contribution is 7.47. The van der Waals surface area contributed by atoms with Gasteiger partial charge in [0.05, 0.1) is 13.2 Å². The summed E-state index contributed by atoms with van der Waals surface area (Å²) in [5.74, 6) is -2.97. The minimum Gasteiger partial charge on any atom is -0.499 e. The van der Waals surface area contributed by atoms with E-state index >= 15 is 0 Å². The predicted octanol–water partition coefficient (Wildman–Crippen LogP) is 4.65. The zero-order chi connectivity index (χ0) is 23.8. The molecule has 0 fully saturated rings. The van der Waals surface area contributed by atoms with E-state index in [0.29, 0.717) is 6.42 Å². The smallest absolute Gasteiger partial charge is 0.499 e. The molecule has 0 aromatic heterocycles. The number of rotatable bonds is 20. The normalized spacial score (nSPS) is 19.1. The van der Waals surface area contributed by atoms with Crippen LogP contribution >= 0.6 is 7.82 Å². The third-order valence-electron chi connectivity index (χ3n) is 5.42. The van der Waals surface area contributed by atoms with Gasteiger partial charge in [-0.05, 0) is 6.42 Å². The number of phosphoric acid groups is 1. The monoisotopic (exact) mass is 480 g/mol. The molecule has 0 radical (unpaired) electrons. The molecule has 0 aliphatic carbocycles. The van der Waals surface area contributed by atoms with Gasteiger partial charge in [0, 0.05) is 0 Å². The Labute approximate surface area is 191 Å². The van der Waals surface area contributed by atoms with E-state index in [9.17, 15) is 24.5 Å². The number of carbonyl (C=O) groups is 1. The molecule has 0 saturated heterocycles. The van der Waals surface area contributed by atoms with E-state index in [1.807, 2.05) is 0 Å². The number of phosphoric ester groups is 1. The summed E-state index contributed by atoms with van der Waals surface area (Å²) in [6.07, 6.45) is 13.4. The number of ether oxygens (including phenoxy) is 1. The molecule has 0 aromatic rings. The Kier molecular flexibility index (Phi) is 14.9. The zero-order valence-corrected chi connectivity index (χ0v) is 20.1. The maximum absolute atomic E-state index is 12.1. The summed E-state index contributed by atoms with van der Waals surface area (Å²) in [6, 6.07) is 0. The molecule has 1 rings (SSSR count). The molecule has 3 atom stereocenters. The van der Waals surface area contributed by atoms with Crippen LogP contribution in [0.4, 0.5) is 0 Å². The molecule has 1 unspecified atom stereocenters. The molecule has 0 saturated carbocycles. The van der Waals surface area contributed by atoms with Gasteiger partial charge < -0.3 is 24.6 Å². The molecule has 0 amide bonds. The average Bonchev–Trinajstić information content (AvgIpc) is 3.03. The molecular weight excluding hydrogens is 439 g/mol. The second kappa shape index (κ2) is 16.5. The molecule has 1 aliphatic rings. The van der Waals surface area contributed by atoms with Crippen LogP contribution in [0.3, 0.4) is 0 Å². The second-order valence-corrected chi connectivity index (χ2v) is 9.66. The van der Waals surface area contributed by atoms with Crippen LogP contribution in [-0.2, 0) is 23.1 Å². The van der Waals surface area contributed by atoms with Crippen molar-refractivity contribution in [3.05, 3.63) is 11.5 Å². The largest absolute Gasteiger partial charge is 0.527 e. The number of carbonyl (C=O) groups excluding carboxylic acids is 1. The van der Waals surface area contributed by atoms with E-state index < -0.39 is 44.1 Å². The van der Waals surface area contributed by atoms with E-state index in [2.05, 4.69) is 11.7 Å². The number of esters is 1. The minimum atomic E-state index is -4.62. The summed E-state index contributed by atoms with van der Waals surface area (Å²) in [6.45, 7) is 1.41. The van der Waals surface area contributed by atoms with Crippen LogP contribution in [0.1, 0.15) is 96.8 Å². The van der Waals surface area contributed by atoms with Gasteiger partial charge in [-0.2, -0.15) is 0 Å². The summed E-state index contributed by atoms with van der Waals surface area (Å²) in [5, 5.41) is 28.2. The number of unbranched alkanes of at least 4 members (excludes halogenated alkanes) is 13. The lowest BCUT2D eigenvalue weighted by Gasteiger charge is -2.20. The molecule has 0 bridgehead atoms. The van der Waals surface area contributed by atoms with Crippen LogP contribution in [-0.4, -0.2) is 51.6 Å². The first-order chi connectivity index (χ1) is 15.3. The number of hydrogen-bond acceptors (Lipinski definition) is 8. The Balaban J connectivity index is 2.09. The quantitative estimate of drug-likeness (QED) is 0.111. The number of cyclic esters (lactones) is 1. The van der Waals surface area contributed by atoms with Crippen molar-refractivity contribution in [1.29, 1.82) is 0 Å². The third-order valence-corrected chi connectivity index (χ3v) is 6.36. The summed E-state index contributed by atoms with van der Waals surface area (Å²) in [4.78, 5) is 21.2. The van der Waals surface area contributed by atoms with Crippen molar-refractivity contribution < 1.29 is 43.4 Å². The van der Waals surface area contributed by atoms with E-state index in [1.54, 1.807) is 0 Å². The maximum Gasteiger partial charge on any atom is 0.527 e. The Morgan fingerprint density at radius 2 is 1.41 bits per heavy atom. The number of hydrogen-bond donors (Lipinski definition) is 4. The molecule has 0 aromatic carbocycles. The van der Waals surface area contributed by atoms with Gasteiger partial charge in [0.2, 0.25) is 11.5 Å². The number of aliphatic hydroxyl groups is 3. The van der Waals surface area contributed by atoms with E-state index in [4.69, 9.17) is 14.2 Å². The van der Waals surface area contributed by atoms with Gasteiger partial charge >= 0.3 is 13.8 Å². The van der Waals surface area contributed by atoms with Crippen LogP contribution < -0.4 is 0 Å². The lowest BCUT2D eigenvalue weighted by atomic mass is 10.0. The second-order valence-electron chi connectivity index (χ2n) is 8.28. The van der Waals surface area contributed by atoms with Crippen LogP contribution in [0.25, 0.3) is 0 Å². The Morgan fingerprint density at radius 3 is 1.88 bits per heavy atom. The van der Waals surface area contributed by atoms with Gasteiger partial charge in [0.1, 0.15) is 6.10 Å². The first-order valence-electron chi connectivity index (χ1n) is 11.9. The van der Waals surface area contributed by atoms with Crippen molar-refractivity contribution in [2.45, 2.75) is 109 Å². The Bertz CT molecular complexity index is 608. The molecule has 32 heavy (non-hydrogen) atoms. The van der Waals surface area contributed by atoms with Gasteiger partial charge in [-0.3, -0.25) is 9.42 Å². The molecule has 1 aliphatic heterocycles. The lowest BCUT2D eigenvalue weighted by molar-refractivity contribution is -0.147. The van der Waals surface area contributed by atoms with Gasteiger partial charge in [-0.25, -0.2) is 9.36 Å². The van der Waals surface area contributed by atoms with Gasteiger partial charge in [0.15, 0.2) is 6.10 Å². The maximum atomic E-state index is 12.1. The van der Waals surface area contributed by atoms with Crippen molar-refractivity contribution >= 4 is 13.8 Å². The summed E-state index contributed by atoms with van der Waals surface area (Å²) in [7, 11) is -4.62. The average molecular weight is 481 g/mol. The molecule has 4 N–H and O–H groups in total. The minimum absolute atomic E-state index is 0.0259. The first-order valence-corrected chi connectivity index (χ1v) is 13.4. The van der Waals surface area contributed by atoms with Crippen LogP contribution in [0.15, 0.2) is 11.5 Å². The number of aliphatic hydroxyl groups excluding tert-OH is 3. The summed E-state index contributed by atoms with van der Waals surface area (Å²) in [5.41, 5.74) is 0. The topological polar surface area (TPSA) is 143 Å². The Morgan fingerprint density at radius 1 is 0.938 bits per heavy atom. The van der Waals surface area contributed by atoms with Crippen molar-refractivity contribution in [3.63, 3.8) is 0 Å². The standard InChI is InChI=1S/C22H41O9P/c1-2-3-4-5-6-7-8-9-10-11-12-13-14-15-16-29-32(27,28)31-21-19(25)22(26)30-20(21)18(24)17-23/h18,20,23-25H,2-17H2,1H3,(H,27,28)/t18-,20+/m0/s1. The third kappa shape index (κ3) is 11.7. The van der Waals surface area contributed by atoms with E-state index in [1.165, 1.54) is 64.2 Å². The van der Waals surface area contributed by atoms with Crippen molar-refractivity contribution in [2.75, 3.05) is 13.2 Å². The molecule has 188 valence electrons. The van der Waals surface area contributed by atoms with Gasteiger partial charge in [0.25, 0.3) is 0 Å². The molecule has 10 heteroatoms. The fourth-order valence-electron chi connectivity index (χ4n) is 3.53. The van der Waals surface area contributed by atoms with Crippen LogP contribution in [0.5, 0.6) is 0 Å².